The largest absolute Gasteiger partial charge is 0.386 e. The van der Waals surface area contributed by atoms with Crippen LogP contribution < -0.4 is 0 Å². The van der Waals surface area contributed by atoms with Crippen LogP contribution in [0.1, 0.15) is 52.9 Å². The second-order valence-electron chi connectivity index (χ2n) is 5.39. The molecule has 0 radical (unpaired) electrons. The van der Waals surface area contributed by atoms with Gasteiger partial charge in [-0.1, -0.05) is 26.0 Å². The number of carbonyl (C=O) groups excluding carboxylic acids is 1. The predicted molar refractivity (Wildman–Crippen MR) is 66.2 cm³/mol. The molecule has 0 aromatic heterocycles. The molecule has 1 N–H and O–H groups in total. The standard InChI is InChI=1S/C14H24O2/c1-4-5-13(15)10-11(2)12-6-8-14(3,16)9-7-12/h6,8,11-12,16H,4-5,7,9-10H2,1-3H3. The molecule has 0 bridgehead atoms. The fourth-order valence-electron chi connectivity index (χ4n) is 2.33. The van der Waals surface area contributed by atoms with E-state index in [4.69, 9.17) is 0 Å². The Morgan fingerprint density at radius 1 is 1.62 bits per heavy atom. The van der Waals surface area contributed by atoms with Gasteiger partial charge in [0.1, 0.15) is 5.78 Å². The van der Waals surface area contributed by atoms with Crippen LogP contribution in [0, 0.1) is 11.8 Å². The molecule has 2 nitrogen and oxygen atoms in total. The average Bonchev–Trinajstić information content (AvgIpc) is 2.17. The normalized spacial score (nSPS) is 31.4. The highest BCUT2D eigenvalue weighted by atomic mass is 16.3. The molecule has 0 spiro atoms. The molecule has 92 valence electrons. The molecule has 0 saturated heterocycles. The van der Waals surface area contributed by atoms with Crippen molar-refractivity contribution >= 4 is 5.78 Å². The minimum atomic E-state index is -0.635. The van der Waals surface area contributed by atoms with Gasteiger partial charge in [-0.25, -0.2) is 0 Å². The number of ketones is 1. The van der Waals surface area contributed by atoms with E-state index in [-0.39, 0.29) is 0 Å². The van der Waals surface area contributed by atoms with Gasteiger partial charge in [-0.15, -0.1) is 0 Å². The van der Waals surface area contributed by atoms with Gasteiger partial charge in [0.25, 0.3) is 0 Å². The van der Waals surface area contributed by atoms with Crippen molar-refractivity contribution in [2.24, 2.45) is 11.8 Å². The van der Waals surface area contributed by atoms with E-state index in [1.54, 1.807) is 0 Å². The second-order valence-corrected chi connectivity index (χ2v) is 5.39. The molecule has 1 rings (SSSR count). The van der Waals surface area contributed by atoms with Crippen molar-refractivity contribution in [1.29, 1.82) is 0 Å². The van der Waals surface area contributed by atoms with Crippen LogP contribution in [-0.2, 0) is 4.79 Å². The van der Waals surface area contributed by atoms with Crippen molar-refractivity contribution in [2.75, 3.05) is 0 Å². The van der Waals surface area contributed by atoms with Crippen LogP contribution in [0.2, 0.25) is 0 Å². The predicted octanol–water partition coefficient (Wildman–Crippen LogP) is 3.10. The Bertz CT molecular complexity index is 266. The van der Waals surface area contributed by atoms with Gasteiger partial charge >= 0.3 is 0 Å². The lowest BCUT2D eigenvalue weighted by Gasteiger charge is -2.30. The highest BCUT2D eigenvalue weighted by Crippen LogP contribution is 2.31. The molecular weight excluding hydrogens is 200 g/mol. The van der Waals surface area contributed by atoms with E-state index in [2.05, 4.69) is 13.0 Å². The van der Waals surface area contributed by atoms with Gasteiger partial charge in [0, 0.05) is 12.8 Å². The topological polar surface area (TPSA) is 37.3 Å². The molecule has 0 amide bonds. The van der Waals surface area contributed by atoms with Crippen LogP contribution in [0.3, 0.4) is 0 Å². The summed E-state index contributed by atoms with van der Waals surface area (Å²) in [6.45, 7) is 6.02. The van der Waals surface area contributed by atoms with Crippen LogP contribution in [0.5, 0.6) is 0 Å². The number of aliphatic hydroxyl groups is 1. The van der Waals surface area contributed by atoms with Gasteiger partial charge < -0.3 is 5.11 Å². The molecule has 0 saturated carbocycles. The first-order chi connectivity index (χ1) is 7.44. The van der Waals surface area contributed by atoms with Gasteiger partial charge in [-0.2, -0.15) is 0 Å². The van der Waals surface area contributed by atoms with Crippen molar-refractivity contribution in [3.63, 3.8) is 0 Å². The minimum absolute atomic E-state index is 0.376. The number of carbonyl (C=O) groups is 1. The molecule has 2 heteroatoms. The van der Waals surface area contributed by atoms with Crippen molar-refractivity contribution in [1.82, 2.24) is 0 Å². The zero-order valence-corrected chi connectivity index (χ0v) is 10.7. The van der Waals surface area contributed by atoms with E-state index in [0.29, 0.717) is 30.5 Å². The van der Waals surface area contributed by atoms with Gasteiger partial charge in [-0.05, 0) is 38.0 Å². The van der Waals surface area contributed by atoms with Crippen molar-refractivity contribution in [3.05, 3.63) is 12.2 Å². The Hall–Kier alpha value is -0.630. The van der Waals surface area contributed by atoms with Crippen molar-refractivity contribution in [2.45, 2.75) is 58.5 Å². The summed E-state index contributed by atoms with van der Waals surface area (Å²) >= 11 is 0. The molecule has 1 aliphatic rings. The lowest BCUT2D eigenvalue weighted by molar-refractivity contribution is -0.120. The Kier molecular flexibility index (Phi) is 4.72. The number of allylic oxidation sites excluding steroid dienone is 1. The molecule has 0 fully saturated rings. The molecular formula is C14H24O2. The number of hydrogen-bond acceptors (Lipinski definition) is 2. The van der Waals surface area contributed by atoms with Crippen LogP contribution >= 0.6 is 0 Å². The first-order valence-electron chi connectivity index (χ1n) is 6.38. The smallest absolute Gasteiger partial charge is 0.133 e. The summed E-state index contributed by atoms with van der Waals surface area (Å²) in [4.78, 5) is 11.6. The van der Waals surface area contributed by atoms with Gasteiger partial charge in [0.2, 0.25) is 0 Å². The zero-order chi connectivity index (χ0) is 12.2. The SMILES string of the molecule is CCCC(=O)CC(C)C1C=CC(C)(O)CC1. The number of Topliss-reactive ketones (excluding diaryl/α,β-unsaturated/α-hetero) is 1. The first kappa shape index (κ1) is 13.4. The number of hydrogen-bond donors (Lipinski definition) is 1. The molecule has 0 aromatic carbocycles. The third-order valence-electron chi connectivity index (χ3n) is 3.50. The minimum Gasteiger partial charge on any atom is -0.386 e. The Balaban J connectivity index is 2.44. The van der Waals surface area contributed by atoms with E-state index in [1.807, 2.05) is 19.9 Å². The molecule has 0 aliphatic heterocycles. The highest BCUT2D eigenvalue weighted by molar-refractivity contribution is 5.78. The molecule has 3 unspecified atom stereocenters. The van der Waals surface area contributed by atoms with Crippen LogP contribution in [0.15, 0.2) is 12.2 Å². The van der Waals surface area contributed by atoms with Gasteiger partial charge in [-0.3, -0.25) is 4.79 Å². The maximum absolute atomic E-state index is 11.6. The highest BCUT2D eigenvalue weighted by Gasteiger charge is 2.26. The van der Waals surface area contributed by atoms with E-state index in [9.17, 15) is 9.90 Å². The quantitative estimate of drug-likeness (QED) is 0.729. The maximum Gasteiger partial charge on any atom is 0.133 e. The summed E-state index contributed by atoms with van der Waals surface area (Å²) in [5.74, 6) is 1.24. The Morgan fingerprint density at radius 3 is 2.81 bits per heavy atom. The van der Waals surface area contributed by atoms with Crippen LogP contribution in [0.25, 0.3) is 0 Å². The third-order valence-corrected chi connectivity index (χ3v) is 3.50. The summed E-state index contributed by atoms with van der Waals surface area (Å²) in [6.07, 6.45) is 8.12. The van der Waals surface area contributed by atoms with Crippen LogP contribution in [-0.4, -0.2) is 16.5 Å². The molecule has 0 aromatic rings. The average molecular weight is 224 g/mol. The van der Waals surface area contributed by atoms with E-state index >= 15 is 0 Å². The molecule has 0 heterocycles. The van der Waals surface area contributed by atoms with E-state index in [0.717, 1.165) is 19.3 Å². The van der Waals surface area contributed by atoms with E-state index < -0.39 is 5.60 Å². The Morgan fingerprint density at radius 2 is 2.31 bits per heavy atom. The van der Waals surface area contributed by atoms with Gasteiger partial charge in [0.05, 0.1) is 5.60 Å². The molecule has 16 heavy (non-hydrogen) atoms. The van der Waals surface area contributed by atoms with Crippen molar-refractivity contribution in [3.8, 4) is 0 Å². The first-order valence-corrected chi connectivity index (χ1v) is 6.38. The fraction of sp³-hybridized carbons (Fsp3) is 0.786. The second kappa shape index (κ2) is 5.62. The van der Waals surface area contributed by atoms with Crippen LogP contribution in [0.4, 0.5) is 0 Å². The summed E-state index contributed by atoms with van der Waals surface area (Å²) in [5.41, 5.74) is -0.635. The maximum atomic E-state index is 11.6. The van der Waals surface area contributed by atoms with Crippen molar-refractivity contribution < 1.29 is 9.90 Å². The monoisotopic (exact) mass is 224 g/mol. The lowest BCUT2D eigenvalue weighted by Crippen LogP contribution is -2.28. The fourth-order valence-corrected chi connectivity index (χ4v) is 2.33. The summed E-state index contributed by atoms with van der Waals surface area (Å²) in [5, 5.41) is 9.79. The molecule has 1 aliphatic carbocycles. The Labute approximate surface area is 98.7 Å². The summed E-state index contributed by atoms with van der Waals surface area (Å²) in [6, 6.07) is 0. The van der Waals surface area contributed by atoms with Gasteiger partial charge in [0.15, 0.2) is 0 Å². The lowest BCUT2D eigenvalue weighted by atomic mass is 9.78. The summed E-state index contributed by atoms with van der Waals surface area (Å²) in [7, 11) is 0. The molecule has 3 atom stereocenters. The summed E-state index contributed by atoms with van der Waals surface area (Å²) < 4.78 is 0. The zero-order valence-electron chi connectivity index (χ0n) is 10.7. The third kappa shape index (κ3) is 4.09. The van der Waals surface area contributed by atoms with E-state index in [1.165, 1.54) is 0 Å². The number of rotatable bonds is 5.